The lowest BCUT2D eigenvalue weighted by atomic mass is 9.98. The second-order valence-corrected chi connectivity index (χ2v) is 15.7. The van der Waals surface area contributed by atoms with Gasteiger partial charge in [0.05, 0.1) is 25.6 Å². The third kappa shape index (κ3) is 8.00. The van der Waals surface area contributed by atoms with Gasteiger partial charge < -0.3 is 24.6 Å². The molecule has 1 saturated carbocycles. The molecule has 2 aromatic carbocycles. The average Bonchev–Trinajstić information content (AvgIpc) is 3.71. The normalized spacial score (nSPS) is 21.3. The second-order valence-electron chi connectivity index (χ2n) is 14.0. The lowest BCUT2D eigenvalue weighted by Crippen LogP contribution is -2.37. The van der Waals surface area contributed by atoms with Gasteiger partial charge in [0.15, 0.2) is 17.0 Å². The average molecular weight is 690 g/mol. The number of nitrogens with one attached hydrogen (secondary N) is 1. The largest absolute Gasteiger partial charge is 0.464 e. The first kappa shape index (κ1) is 34.6. The number of rotatable bonds is 13. The Morgan fingerprint density at radius 2 is 1.98 bits per heavy atom. The van der Waals surface area contributed by atoms with E-state index in [1.807, 2.05) is 62.7 Å². The highest BCUT2D eigenvalue weighted by Crippen LogP contribution is 2.48. The summed E-state index contributed by atoms with van der Waals surface area (Å²) in [6.07, 6.45) is 9.47. The molecule has 6 rings (SSSR count). The van der Waals surface area contributed by atoms with E-state index in [1.54, 1.807) is 25.4 Å². The number of fused-ring (bicyclic) bond motifs is 2. The van der Waals surface area contributed by atoms with E-state index in [0.29, 0.717) is 41.6 Å². The molecule has 4 aromatic rings. The minimum atomic E-state index is -4.21. The third-order valence-electron chi connectivity index (χ3n) is 8.63. The van der Waals surface area contributed by atoms with E-state index in [9.17, 15) is 9.36 Å². The zero-order chi connectivity index (χ0) is 34.9. The highest BCUT2D eigenvalue weighted by Gasteiger charge is 2.41. The molecule has 1 saturated heterocycles. The summed E-state index contributed by atoms with van der Waals surface area (Å²) in [6.45, 7) is 7.48. The lowest BCUT2D eigenvalue weighted by molar-refractivity contribution is -0.148. The maximum Gasteiger partial charge on any atom is 0.459 e. The molecule has 0 amide bonds. The Morgan fingerprint density at radius 3 is 2.71 bits per heavy atom. The third-order valence-corrected chi connectivity index (χ3v) is 10.3. The van der Waals surface area contributed by atoms with Crippen molar-refractivity contribution in [3.05, 3.63) is 48.8 Å². The lowest BCUT2D eigenvalue weighted by Gasteiger charge is -2.26. The van der Waals surface area contributed by atoms with Gasteiger partial charge in [-0.05, 0) is 43.1 Å². The van der Waals surface area contributed by atoms with Crippen LogP contribution in [0, 0.1) is 23.7 Å². The van der Waals surface area contributed by atoms with Gasteiger partial charge in [-0.25, -0.2) is 9.55 Å². The Kier molecular flexibility index (Phi) is 9.87. The maximum atomic E-state index is 14.5. The van der Waals surface area contributed by atoms with E-state index in [0.717, 1.165) is 23.6 Å². The molecule has 260 valence electrons. The van der Waals surface area contributed by atoms with E-state index >= 15 is 0 Å². The second kappa shape index (κ2) is 14.0. The maximum absolute atomic E-state index is 14.5. The first-order chi connectivity index (χ1) is 23.3. The summed E-state index contributed by atoms with van der Waals surface area (Å²) in [5.74, 6) is 3.16. The standard InChI is InChI=1S/C35H44N7O6P/c1-7-11-24-18-29(42-21-37-30-31(41(6)25-16-17-25)38-34(36)39-32(30)42)47-28(24)19-46-49(44,40-22(2)33(43)45-20-35(3,4)5)48-27-15-10-13-23-12-8-9-14-26(23)27/h1,8-10,12-15,21-22,24-25,28-29H,11,16-20H2,2-6H3,(H,40,44)(H2,36,38,39)/t22-,24?,28-,29-,49?/m1/s1. The van der Waals surface area contributed by atoms with E-state index in [1.165, 1.54) is 0 Å². The van der Waals surface area contributed by atoms with Crippen LogP contribution in [0.3, 0.4) is 0 Å². The predicted octanol–water partition coefficient (Wildman–Crippen LogP) is 5.86. The number of nitrogen functional groups attached to an aromatic ring is 1. The Hall–Kier alpha value is -4.21. The van der Waals surface area contributed by atoms with Crippen LogP contribution in [0.1, 0.15) is 59.6 Å². The minimum Gasteiger partial charge on any atom is -0.464 e. The molecule has 0 bridgehead atoms. The fourth-order valence-electron chi connectivity index (χ4n) is 5.88. The molecule has 2 unspecified atom stereocenters. The molecule has 2 aliphatic rings. The van der Waals surface area contributed by atoms with Crippen molar-refractivity contribution in [2.24, 2.45) is 11.3 Å². The molecule has 1 aliphatic heterocycles. The fraction of sp³-hybridized carbons (Fsp3) is 0.486. The molecule has 14 heteroatoms. The molecule has 3 N–H and O–H groups in total. The molecule has 13 nitrogen and oxygen atoms in total. The molecule has 0 radical (unpaired) electrons. The van der Waals surface area contributed by atoms with Gasteiger partial charge in [0, 0.05) is 30.8 Å². The molecule has 2 aromatic heterocycles. The first-order valence-corrected chi connectivity index (χ1v) is 18.1. The SMILES string of the molecule is C#CCC1C[C@H](n2cnc3c(N(C)C4CC4)nc(N)nc32)O[C@@H]1COP(=O)(N[C@H](C)C(=O)OCC(C)(C)C)Oc1cccc2ccccc12. The van der Waals surface area contributed by atoms with Crippen molar-refractivity contribution in [3.63, 3.8) is 0 Å². The van der Waals surface area contributed by atoms with Crippen LogP contribution in [-0.4, -0.2) is 63.9 Å². The Labute approximate surface area is 286 Å². The number of nitrogens with zero attached hydrogens (tertiary/aromatic N) is 5. The monoisotopic (exact) mass is 689 g/mol. The number of benzene rings is 2. The van der Waals surface area contributed by atoms with Crippen LogP contribution in [0.15, 0.2) is 48.8 Å². The van der Waals surface area contributed by atoms with Gasteiger partial charge in [-0.3, -0.25) is 13.9 Å². The number of hydrogen-bond donors (Lipinski definition) is 2. The molecule has 1 aliphatic carbocycles. The highest BCUT2D eigenvalue weighted by molar-refractivity contribution is 7.52. The van der Waals surface area contributed by atoms with Crippen molar-refractivity contribution in [2.45, 2.75) is 77.8 Å². The van der Waals surface area contributed by atoms with Crippen molar-refractivity contribution < 1.29 is 27.9 Å². The van der Waals surface area contributed by atoms with E-state index in [2.05, 4.69) is 30.9 Å². The van der Waals surface area contributed by atoms with Gasteiger partial charge in [0.1, 0.15) is 18.0 Å². The molecule has 0 spiro atoms. The Balaban J connectivity index is 1.24. The summed E-state index contributed by atoms with van der Waals surface area (Å²) in [4.78, 5) is 28.7. The Bertz CT molecular complexity index is 1910. The zero-order valence-electron chi connectivity index (χ0n) is 28.5. The van der Waals surface area contributed by atoms with Crippen LogP contribution in [-0.2, 0) is 23.4 Å². The van der Waals surface area contributed by atoms with Crippen molar-refractivity contribution in [1.29, 1.82) is 0 Å². The summed E-state index contributed by atoms with van der Waals surface area (Å²) in [7, 11) is -2.22. The van der Waals surface area contributed by atoms with Crippen LogP contribution < -0.4 is 20.2 Å². The van der Waals surface area contributed by atoms with E-state index in [4.69, 9.17) is 30.7 Å². The molecular formula is C35H44N7O6P. The molecule has 3 heterocycles. The number of imidazole rings is 1. The number of carbonyl (C=O) groups excluding carboxylic acids is 1. The van der Waals surface area contributed by atoms with Crippen molar-refractivity contribution in [1.82, 2.24) is 24.6 Å². The number of aromatic nitrogens is 4. The van der Waals surface area contributed by atoms with Gasteiger partial charge >= 0.3 is 13.7 Å². The summed E-state index contributed by atoms with van der Waals surface area (Å²) >= 11 is 0. The number of nitrogens with two attached hydrogens (primary N) is 1. The topological polar surface area (TPSA) is 156 Å². The Morgan fingerprint density at radius 1 is 1.22 bits per heavy atom. The van der Waals surface area contributed by atoms with Crippen molar-refractivity contribution in [2.75, 3.05) is 30.9 Å². The summed E-state index contributed by atoms with van der Waals surface area (Å²) in [5.41, 5.74) is 7.08. The van der Waals surface area contributed by atoms with Gasteiger partial charge in [-0.15, -0.1) is 12.3 Å². The molecule has 49 heavy (non-hydrogen) atoms. The van der Waals surface area contributed by atoms with Gasteiger partial charge in [-0.2, -0.15) is 15.1 Å². The van der Waals surface area contributed by atoms with Crippen LogP contribution >= 0.6 is 7.75 Å². The molecular weight excluding hydrogens is 645 g/mol. The fourth-order valence-corrected chi connectivity index (χ4v) is 7.40. The zero-order valence-corrected chi connectivity index (χ0v) is 29.4. The quantitative estimate of drug-likeness (QED) is 0.0981. The van der Waals surface area contributed by atoms with Gasteiger partial charge in [0.2, 0.25) is 5.95 Å². The van der Waals surface area contributed by atoms with Crippen LogP contribution in [0.4, 0.5) is 11.8 Å². The van der Waals surface area contributed by atoms with Gasteiger partial charge in [-0.1, -0.05) is 57.2 Å². The number of esters is 1. The predicted molar refractivity (Wildman–Crippen MR) is 188 cm³/mol. The van der Waals surface area contributed by atoms with Crippen LogP contribution in [0.2, 0.25) is 0 Å². The van der Waals surface area contributed by atoms with E-state index < -0.39 is 32.1 Å². The summed E-state index contributed by atoms with van der Waals surface area (Å²) < 4.78 is 40.6. The number of anilines is 2. The number of carbonyl (C=O) groups is 1. The highest BCUT2D eigenvalue weighted by atomic mass is 31.2. The van der Waals surface area contributed by atoms with Gasteiger partial charge in [0.25, 0.3) is 0 Å². The summed E-state index contributed by atoms with van der Waals surface area (Å²) in [6, 6.07) is 12.4. The summed E-state index contributed by atoms with van der Waals surface area (Å²) in [5, 5.41) is 4.43. The number of ether oxygens (including phenoxy) is 2. The smallest absolute Gasteiger partial charge is 0.459 e. The number of hydrogen-bond acceptors (Lipinski definition) is 11. The molecule has 5 atom stereocenters. The van der Waals surface area contributed by atoms with E-state index in [-0.39, 0.29) is 30.5 Å². The molecule has 2 fully saturated rings. The van der Waals surface area contributed by atoms with Crippen LogP contribution in [0.25, 0.3) is 21.9 Å². The van der Waals surface area contributed by atoms with Crippen LogP contribution in [0.5, 0.6) is 5.75 Å². The van der Waals surface area contributed by atoms with Crippen molar-refractivity contribution in [3.8, 4) is 18.1 Å². The first-order valence-electron chi connectivity index (χ1n) is 16.5. The number of terminal acetylenes is 1. The van der Waals surface area contributed by atoms with Crippen molar-refractivity contribution >= 4 is 47.4 Å². The minimum absolute atomic E-state index is 0.138.